The molecule has 0 saturated heterocycles. The van der Waals surface area contributed by atoms with Crippen molar-refractivity contribution in [2.75, 3.05) is 13.3 Å². The van der Waals surface area contributed by atoms with Crippen molar-refractivity contribution in [3.05, 3.63) is 0 Å². The van der Waals surface area contributed by atoms with Crippen LogP contribution >= 0.6 is 17.2 Å². The first kappa shape index (κ1) is 12.3. The minimum atomic E-state index is -6.11. The van der Waals surface area contributed by atoms with Gasteiger partial charge in [0.05, 0.1) is 0 Å². The van der Waals surface area contributed by atoms with E-state index in [1.165, 1.54) is 0 Å². The van der Waals surface area contributed by atoms with E-state index in [1.807, 2.05) is 0 Å². The van der Waals surface area contributed by atoms with Gasteiger partial charge in [0, 0.05) is 0 Å². The Kier molecular flexibility index (Phi) is 2.47. The summed E-state index contributed by atoms with van der Waals surface area (Å²) in [7, 11) is 0. The first-order valence-electron chi connectivity index (χ1n) is 2.64. The van der Waals surface area contributed by atoms with Crippen molar-refractivity contribution in [1.29, 1.82) is 0 Å². The zero-order valence-electron chi connectivity index (χ0n) is 6.09. The summed E-state index contributed by atoms with van der Waals surface area (Å²) in [6, 6.07) is 0. The van der Waals surface area contributed by atoms with E-state index >= 15 is 0 Å². The third-order valence-corrected chi connectivity index (χ3v) is 5.53. The van der Waals surface area contributed by atoms with Gasteiger partial charge in [0.2, 0.25) is 0 Å². The average molecular weight is 235 g/mol. The van der Waals surface area contributed by atoms with E-state index in [0.717, 1.165) is 0 Å². The molecular weight excluding hydrogens is 228 g/mol. The summed E-state index contributed by atoms with van der Waals surface area (Å²) in [6.07, 6.45) is 0. The molecule has 0 N–H and O–H groups in total. The van der Waals surface area contributed by atoms with Crippen molar-refractivity contribution in [2.45, 2.75) is 11.8 Å². The second-order valence-corrected chi connectivity index (χ2v) is 10.9. The van der Waals surface area contributed by atoms with Crippen LogP contribution in [0.1, 0.15) is 0 Å². The third kappa shape index (κ3) is 1.51. The molecule has 0 aromatic rings. The summed E-state index contributed by atoms with van der Waals surface area (Å²) >= 11 is 4.62. The van der Waals surface area contributed by atoms with Crippen LogP contribution in [-0.2, 0) is 0 Å². The van der Waals surface area contributed by atoms with Gasteiger partial charge >= 0.3 is 68.7 Å². The standard InChI is InChI=1S/C4H6ClF6P/c1-12(2,5,3(6,7)8)4(9,10)11/h1-2H3. The molecule has 0 atom stereocenters. The first-order valence-corrected chi connectivity index (χ1v) is 6.68. The maximum absolute atomic E-state index is 11.9. The van der Waals surface area contributed by atoms with E-state index < -0.39 is 17.8 Å². The monoisotopic (exact) mass is 234 g/mol. The number of halogens is 7. The van der Waals surface area contributed by atoms with Gasteiger partial charge in [0.1, 0.15) is 0 Å². The summed E-state index contributed by atoms with van der Waals surface area (Å²) in [5.74, 6) is -16.9. The Morgan fingerprint density at radius 2 is 1.00 bits per heavy atom. The topological polar surface area (TPSA) is 0 Å². The number of hydrogen-bond acceptors (Lipinski definition) is 0. The van der Waals surface area contributed by atoms with E-state index in [-0.39, 0.29) is 13.3 Å². The van der Waals surface area contributed by atoms with Crippen molar-refractivity contribution in [3.63, 3.8) is 0 Å². The summed E-state index contributed by atoms with van der Waals surface area (Å²) in [5.41, 5.74) is 0. The molecule has 0 bridgehead atoms. The van der Waals surface area contributed by atoms with Crippen LogP contribution in [-0.4, -0.2) is 25.2 Å². The second-order valence-electron chi connectivity index (χ2n) is 2.90. The Bertz CT molecular complexity index is 164. The third-order valence-electron chi connectivity index (χ3n) is 1.46. The van der Waals surface area contributed by atoms with Crippen molar-refractivity contribution in [2.24, 2.45) is 0 Å². The first-order chi connectivity index (χ1) is 4.79. The minimum absolute atomic E-state index is 0.0210. The zero-order chi connectivity index (χ0) is 10.4. The molecule has 0 aromatic carbocycles. The predicted molar refractivity (Wildman–Crippen MR) is 36.7 cm³/mol. The molecule has 0 radical (unpaired) electrons. The molecule has 0 nitrogen and oxygen atoms in total. The fourth-order valence-electron chi connectivity index (χ4n) is 0.144. The van der Waals surface area contributed by atoms with Gasteiger partial charge in [-0.15, -0.1) is 0 Å². The Hall–Kier alpha value is 0.300. The molecule has 0 unspecified atom stereocenters. The Morgan fingerprint density at radius 1 is 0.833 bits per heavy atom. The van der Waals surface area contributed by atoms with Gasteiger partial charge in [0.25, 0.3) is 0 Å². The normalized spacial score (nSPS) is 18.6. The van der Waals surface area contributed by atoms with Crippen molar-refractivity contribution in [1.82, 2.24) is 0 Å². The quantitative estimate of drug-likeness (QED) is 0.439. The molecule has 0 aliphatic carbocycles. The van der Waals surface area contributed by atoms with Crippen LogP contribution in [0.4, 0.5) is 26.3 Å². The Labute approximate surface area is 69.6 Å². The maximum atomic E-state index is 11.9. The molecule has 0 aliphatic rings. The second kappa shape index (κ2) is 2.41. The van der Waals surface area contributed by atoms with Crippen LogP contribution < -0.4 is 0 Å². The van der Waals surface area contributed by atoms with Crippen LogP contribution in [0.2, 0.25) is 0 Å². The number of rotatable bonds is 0. The van der Waals surface area contributed by atoms with E-state index in [0.29, 0.717) is 0 Å². The van der Waals surface area contributed by atoms with Crippen LogP contribution in [0, 0.1) is 0 Å². The molecule has 0 rings (SSSR count). The van der Waals surface area contributed by atoms with Gasteiger partial charge in [-0.3, -0.25) is 0 Å². The molecule has 0 amide bonds. The average Bonchev–Trinajstić information content (AvgIpc) is 1.55. The van der Waals surface area contributed by atoms with Crippen LogP contribution in [0.5, 0.6) is 0 Å². The fraction of sp³-hybridized carbons (Fsp3) is 1.00. The molecule has 0 spiro atoms. The molecule has 0 fully saturated rings. The summed E-state index contributed by atoms with van der Waals surface area (Å²) in [6.45, 7) is 0.0420. The zero-order valence-corrected chi connectivity index (χ0v) is 7.74. The number of hydrogen-bond donors (Lipinski definition) is 0. The summed E-state index contributed by atoms with van der Waals surface area (Å²) < 4.78 is 71.5. The molecule has 12 heavy (non-hydrogen) atoms. The SMILES string of the molecule is CP(C)(Cl)(C(F)(F)F)C(F)(F)F. The van der Waals surface area contributed by atoms with Crippen LogP contribution in [0.15, 0.2) is 0 Å². The number of alkyl halides is 6. The van der Waals surface area contributed by atoms with E-state index in [2.05, 4.69) is 11.2 Å². The van der Waals surface area contributed by atoms with Gasteiger partial charge < -0.3 is 0 Å². The Morgan fingerprint density at radius 3 is 1.00 bits per heavy atom. The summed E-state index contributed by atoms with van der Waals surface area (Å²) in [5, 5.41) is 0. The van der Waals surface area contributed by atoms with Gasteiger partial charge in [-0.05, 0) is 0 Å². The fourth-order valence-corrected chi connectivity index (χ4v) is 0.431. The molecule has 0 aliphatic heterocycles. The van der Waals surface area contributed by atoms with E-state index in [1.54, 1.807) is 0 Å². The molecular formula is C4H6ClF6P. The van der Waals surface area contributed by atoms with Crippen molar-refractivity contribution in [3.8, 4) is 0 Å². The van der Waals surface area contributed by atoms with Crippen molar-refractivity contribution < 1.29 is 26.3 Å². The van der Waals surface area contributed by atoms with E-state index in [4.69, 9.17) is 0 Å². The molecule has 0 saturated carbocycles. The van der Waals surface area contributed by atoms with Gasteiger partial charge in [-0.2, -0.15) is 0 Å². The molecule has 0 aromatic heterocycles. The van der Waals surface area contributed by atoms with Crippen LogP contribution in [0.3, 0.4) is 0 Å². The van der Waals surface area contributed by atoms with Gasteiger partial charge in [0.15, 0.2) is 0 Å². The van der Waals surface area contributed by atoms with Crippen molar-refractivity contribution >= 4 is 17.2 Å². The van der Waals surface area contributed by atoms with Gasteiger partial charge in [-0.1, -0.05) is 0 Å². The van der Waals surface area contributed by atoms with Crippen LogP contribution in [0.25, 0.3) is 0 Å². The van der Waals surface area contributed by atoms with Gasteiger partial charge in [-0.25, -0.2) is 0 Å². The summed E-state index contributed by atoms with van der Waals surface area (Å²) in [4.78, 5) is 0. The molecule has 8 heteroatoms. The molecule has 0 heterocycles. The Balaban J connectivity index is 5.29. The molecule has 76 valence electrons. The van der Waals surface area contributed by atoms with E-state index in [9.17, 15) is 26.3 Å². The predicted octanol–water partition coefficient (Wildman–Crippen LogP) is 3.99.